The zero-order valence-electron chi connectivity index (χ0n) is 5.88. The number of nitrogens with zero attached hydrogens (tertiary/aromatic N) is 1. The molecule has 0 aromatic heterocycles. The fourth-order valence-corrected chi connectivity index (χ4v) is 2.22. The van der Waals surface area contributed by atoms with Gasteiger partial charge in [-0.05, 0) is 25.8 Å². The maximum atomic E-state index is 5.86. The van der Waals surface area contributed by atoms with Gasteiger partial charge in [-0.1, -0.05) is 0 Å². The molecule has 2 nitrogen and oxygen atoms in total. The summed E-state index contributed by atoms with van der Waals surface area (Å²) >= 11 is 0. The van der Waals surface area contributed by atoms with Crippen LogP contribution in [0.3, 0.4) is 0 Å². The minimum absolute atomic E-state index is 0.520. The second-order valence-corrected chi connectivity index (χ2v) is 3.49. The summed E-state index contributed by atoms with van der Waals surface area (Å²) in [6.07, 6.45) is 2.60. The predicted octanol–water partition coefficient (Wildman–Crippen LogP) is 0.0377. The molecule has 2 N–H and O–H groups in total. The first-order valence-electron chi connectivity index (χ1n) is 3.73. The van der Waals surface area contributed by atoms with Crippen molar-refractivity contribution in [3.63, 3.8) is 0 Å². The molecule has 1 heterocycles. The van der Waals surface area contributed by atoms with Gasteiger partial charge in [0, 0.05) is 18.6 Å². The molecule has 2 aliphatic rings. The molecule has 1 saturated carbocycles. The van der Waals surface area contributed by atoms with Gasteiger partial charge in [0.2, 0.25) is 0 Å². The van der Waals surface area contributed by atoms with Crippen LogP contribution in [-0.2, 0) is 0 Å². The van der Waals surface area contributed by atoms with E-state index in [4.69, 9.17) is 5.73 Å². The molecule has 1 aliphatic carbocycles. The van der Waals surface area contributed by atoms with E-state index >= 15 is 0 Å². The van der Waals surface area contributed by atoms with Crippen LogP contribution in [0.1, 0.15) is 12.8 Å². The highest BCUT2D eigenvalue weighted by Gasteiger charge is 2.40. The van der Waals surface area contributed by atoms with Gasteiger partial charge in [-0.3, -0.25) is 0 Å². The largest absolute Gasteiger partial charge is 0.327 e. The average molecular weight is 126 g/mol. The van der Waals surface area contributed by atoms with Crippen molar-refractivity contribution < 1.29 is 0 Å². The monoisotopic (exact) mass is 126 g/mol. The second-order valence-electron chi connectivity index (χ2n) is 3.49. The molecule has 3 atom stereocenters. The molecule has 9 heavy (non-hydrogen) atoms. The van der Waals surface area contributed by atoms with Gasteiger partial charge >= 0.3 is 0 Å². The van der Waals surface area contributed by atoms with Crippen LogP contribution >= 0.6 is 0 Å². The van der Waals surface area contributed by atoms with Crippen LogP contribution in [-0.4, -0.2) is 30.6 Å². The Bertz CT molecular complexity index is 106. The first-order valence-corrected chi connectivity index (χ1v) is 3.73. The number of piperidine rings is 1. The van der Waals surface area contributed by atoms with Gasteiger partial charge < -0.3 is 10.6 Å². The van der Waals surface area contributed by atoms with Crippen LogP contribution < -0.4 is 5.73 Å². The molecule has 0 aromatic rings. The first kappa shape index (κ1) is 5.69. The minimum Gasteiger partial charge on any atom is -0.327 e. The van der Waals surface area contributed by atoms with Gasteiger partial charge in [-0.2, -0.15) is 0 Å². The molecule has 2 rings (SSSR count). The molecule has 1 saturated heterocycles. The zero-order valence-corrected chi connectivity index (χ0v) is 5.88. The normalized spacial score (nSPS) is 50.7. The lowest BCUT2D eigenvalue weighted by Gasteiger charge is -2.25. The molecular formula is C7H14N2. The summed E-state index contributed by atoms with van der Waals surface area (Å²) in [6.45, 7) is 1.24. The van der Waals surface area contributed by atoms with Crippen LogP contribution in [0.5, 0.6) is 0 Å². The Hall–Kier alpha value is -0.0800. The Labute approximate surface area is 56.0 Å². The van der Waals surface area contributed by atoms with E-state index in [0.717, 1.165) is 12.0 Å². The molecule has 2 heteroatoms. The molecule has 0 spiro atoms. The predicted molar refractivity (Wildman–Crippen MR) is 37.1 cm³/mol. The third-order valence-corrected chi connectivity index (χ3v) is 2.87. The molecule has 2 bridgehead atoms. The molecule has 1 aliphatic heterocycles. The summed E-state index contributed by atoms with van der Waals surface area (Å²) in [6, 6.07) is 1.34. The van der Waals surface area contributed by atoms with E-state index in [1.807, 2.05) is 0 Å². The Kier molecular flexibility index (Phi) is 1.08. The van der Waals surface area contributed by atoms with Gasteiger partial charge in [-0.25, -0.2) is 0 Å². The van der Waals surface area contributed by atoms with Crippen molar-refractivity contribution in [1.82, 2.24) is 4.90 Å². The number of nitrogens with two attached hydrogens (primary N) is 1. The Balaban J connectivity index is 2.10. The van der Waals surface area contributed by atoms with E-state index in [0.29, 0.717) is 6.04 Å². The van der Waals surface area contributed by atoms with Crippen LogP contribution in [0.15, 0.2) is 0 Å². The summed E-state index contributed by atoms with van der Waals surface area (Å²) in [5.41, 5.74) is 5.86. The Morgan fingerprint density at radius 3 is 2.56 bits per heavy atom. The average Bonchev–Trinajstić information content (AvgIpc) is 2.24. The van der Waals surface area contributed by atoms with Crippen molar-refractivity contribution in [1.29, 1.82) is 0 Å². The van der Waals surface area contributed by atoms with Crippen molar-refractivity contribution in [2.45, 2.75) is 24.9 Å². The number of likely N-dealkylation sites (tertiary alicyclic amines) is 1. The fraction of sp³-hybridized carbons (Fsp3) is 1.00. The summed E-state index contributed by atoms with van der Waals surface area (Å²) < 4.78 is 0. The van der Waals surface area contributed by atoms with Crippen molar-refractivity contribution in [3.05, 3.63) is 0 Å². The highest BCUT2D eigenvalue weighted by molar-refractivity contribution is 4.97. The number of hydrogen-bond acceptors (Lipinski definition) is 2. The molecular weight excluding hydrogens is 112 g/mol. The number of hydrogen-bond donors (Lipinski definition) is 1. The van der Waals surface area contributed by atoms with E-state index in [-0.39, 0.29) is 0 Å². The van der Waals surface area contributed by atoms with E-state index in [9.17, 15) is 0 Å². The summed E-state index contributed by atoms with van der Waals surface area (Å²) in [4.78, 5) is 2.44. The van der Waals surface area contributed by atoms with Crippen molar-refractivity contribution in [2.24, 2.45) is 11.7 Å². The summed E-state index contributed by atoms with van der Waals surface area (Å²) in [5.74, 6) is 0.819. The molecule has 52 valence electrons. The highest BCUT2D eigenvalue weighted by atomic mass is 15.2. The number of fused-ring (bicyclic) bond motifs is 2. The molecule has 0 radical (unpaired) electrons. The lowest BCUT2D eigenvalue weighted by atomic mass is 10.1. The fourth-order valence-electron chi connectivity index (χ4n) is 2.22. The van der Waals surface area contributed by atoms with Crippen LogP contribution in [0.25, 0.3) is 0 Å². The maximum absolute atomic E-state index is 5.86. The van der Waals surface area contributed by atoms with Gasteiger partial charge in [0.15, 0.2) is 0 Å². The molecule has 0 aromatic carbocycles. The van der Waals surface area contributed by atoms with Gasteiger partial charge in [0.05, 0.1) is 0 Å². The van der Waals surface area contributed by atoms with Gasteiger partial charge in [0.25, 0.3) is 0 Å². The molecule has 0 amide bonds. The topological polar surface area (TPSA) is 29.3 Å². The third kappa shape index (κ3) is 0.700. The van der Waals surface area contributed by atoms with E-state index in [2.05, 4.69) is 11.9 Å². The zero-order chi connectivity index (χ0) is 6.43. The lowest BCUT2D eigenvalue weighted by molar-refractivity contribution is 0.243. The summed E-state index contributed by atoms with van der Waals surface area (Å²) in [5, 5.41) is 0. The van der Waals surface area contributed by atoms with Crippen LogP contribution in [0, 0.1) is 5.92 Å². The lowest BCUT2D eigenvalue weighted by Crippen LogP contribution is -2.38. The number of rotatable bonds is 0. The van der Waals surface area contributed by atoms with E-state index in [1.165, 1.54) is 19.4 Å². The molecule has 2 fully saturated rings. The van der Waals surface area contributed by atoms with E-state index in [1.54, 1.807) is 0 Å². The van der Waals surface area contributed by atoms with Gasteiger partial charge in [-0.15, -0.1) is 0 Å². The van der Waals surface area contributed by atoms with Crippen molar-refractivity contribution in [2.75, 3.05) is 13.6 Å². The van der Waals surface area contributed by atoms with Crippen molar-refractivity contribution >= 4 is 0 Å². The smallest absolute Gasteiger partial charge is 0.0111 e. The van der Waals surface area contributed by atoms with Crippen LogP contribution in [0.2, 0.25) is 0 Å². The minimum atomic E-state index is 0.520. The van der Waals surface area contributed by atoms with E-state index < -0.39 is 0 Å². The second kappa shape index (κ2) is 1.70. The standard InChI is InChI=1S/C7H14N2/c1-9-4-5-2-6(9)3-7(5)8/h5-7H,2-4,8H2,1H3/t5-,6-,7-/m1/s1. The quantitative estimate of drug-likeness (QED) is 0.496. The Morgan fingerprint density at radius 2 is 2.22 bits per heavy atom. The Morgan fingerprint density at radius 1 is 1.44 bits per heavy atom. The van der Waals surface area contributed by atoms with Crippen molar-refractivity contribution in [3.8, 4) is 0 Å². The molecule has 0 unspecified atom stereocenters. The first-order chi connectivity index (χ1) is 4.27. The summed E-state index contributed by atoms with van der Waals surface area (Å²) in [7, 11) is 2.20. The SMILES string of the molecule is CN1C[C@H]2C[C@@H]1C[C@H]2N. The maximum Gasteiger partial charge on any atom is 0.0111 e. The van der Waals surface area contributed by atoms with Crippen LogP contribution in [0.4, 0.5) is 0 Å². The third-order valence-electron chi connectivity index (χ3n) is 2.87. The van der Waals surface area contributed by atoms with Gasteiger partial charge in [0.1, 0.15) is 0 Å². The highest BCUT2D eigenvalue weighted by Crippen LogP contribution is 2.35.